The molecule has 0 saturated heterocycles. The van der Waals surface area contributed by atoms with Crippen molar-refractivity contribution >= 4 is 65.4 Å². The van der Waals surface area contributed by atoms with Gasteiger partial charge in [0.05, 0.1) is 27.6 Å². The Morgan fingerprint density at radius 2 is 0.978 bits per heavy atom. The molecule has 1 N–H and O–H groups in total. The number of nitrogens with zero attached hydrogens (tertiary/aromatic N) is 3. The van der Waals surface area contributed by atoms with Gasteiger partial charge < -0.3 is 9.55 Å². The van der Waals surface area contributed by atoms with Gasteiger partial charge in [-0.15, -0.1) is 0 Å². The Morgan fingerprint density at radius 3 is 1.69 bits per heavy atom. The lowest BCUT2D eigenvalue weighted by molar-refractivity contribution is 1.09. The highest BCUT2D eigenvalue weighted by atomic mass is 15.1. The Morgan fingerprint density at radius 1 is 0.422 bits per heavy atom. The van der Waals surface area contributed by atoms with Crippen LogP contribution in [0, 0.1) is 0 Å². The molecule has 0 amide bonds. The first kappa shape index (κ1) is 24.3. The topological polar surface area (TPSA) is 38.5 Å². The van der Waals surface area contributed by atoms with E-state index in [4.69, 9.17) is 4.98 Å². The van der Waals surface area contributed by atoms with Crippen LogP contribution in [0.5, 0.6) is 0 Å². The molecule has 0 spiro atoms. The number of aromatic nitrogens is 4. The van der Waals surface area contributed by atoms with Gasteiger partial charge in [-0.2, -0.15) is 0 Å². The number of para-hydroxylation sites is 4. The largest absolute Gasteiger partial charge is 0.351 e. The average molecular weight is 575 g/mol. The summed E-state index contributed by atoms with van der Waals surface area (Å²) >= 11 is 0. The van der Waals surface area contributed by atoms with Gasteiger partial charge in [-0.25, -0.2) is 4.98 Å². The number of benzene rings is 6. The fourth-order valence-electron chi connectivity index (χ4n) is 7.32. The Bertz CT molecular complexity index is 2760. The van der Waals surface area contributed by atoms with E-state index in [1.54, 1.807) is 0 Å². The average Bonchev–Trinajstić information content (AvgIpc) is 3.76. The Kier molecular flexibility index (Phi) is 4.96. The highest BCUT2D eigenvalue weighted by Gasteiger charge is 2.18. The summed E-state index contributed by atoms with van der Waals surface area (Å²) in [5.41, 5.74) is 10.4. The van der Waals surface area contributed by atoms with Crippen LogP contribution in [0.3, 0.4) is 0 Å². The van der Waals surface area contributed by atoms with Crippen LogP contribution in [0.2, 0.25) is 0 Å². The molecule has 0 aliphatic heterocycles. The first-order valence-corrected chi connectivity index (χ1v) is 15.3. The fraction of sp³-hybridized carbons (Fsp3) is 0. The third kappa shape index (κ3) is 3.45. The zero-order chi connectivity index (χ0) is 29.5. The molecule has 45 heavy (non-hydrogen) atoms. The second-order valence-corrected chi connectivity index (χ2v) is 11.7. The van der Waals surface area contributed by atoms with Crippen LogP contribution in [0.15, 0.2) is 152 Å². The molecular weight excluding hydrogens is 548 g/mol. The first-order chi connectivity index (χ1) is 22.3. The van der Waals surface area contributed by atoms with Crippen LogP contribution in [0.4, 0.5) is 0 Å². The summed E-state index contributed by atoms with van der Waals surface area (Å²) < 4.78 is 4.67. The predicted molar refractivity (Wildman–Crippen MR) is 188 cm³/mol. The van der Waals surface area contributed by atoms with Gasteiger partial charge in [0, 0.05) is 49.7 Å². The van der Waals surface area contributed by atoms with Crippen LogP contribution in [0.1, 0.15) is 0 Å². The number of hydrogen-bond donors (Lipinski definition) is 1. The lowest BCUT2D eigenvalue weighted by Gasteiger charge is -2.09. The zero-order valence-corrected chi connectivity index (χ0v) is 24.3. The van der Waals surface area contributed by atoms with Gasteiger partial charge in [0.2, 0.25) is 0 Å². The molecule has 4 aromatic heterocycles. The fourth-order valence-corrected chi connectivity index (χ4v) is 7.32. The van der Waals surface area contributed by atoms with Crippen LogP contribution in [-0.2, 0) is 0 Å². The smallest absolute Gasteiger partial charge is 0.162 e. The summed E-state index contributed by atoms with van der Waals surface area (Å²) in [5, 5.41) is 7.33. The van der Waals surface area contributed by atoms with Crippen molar-refractivity contribution in [2.24, 2.45) is 0 Å². The molecule has 0 aliphatic carbocycles. The molecule has 4 heterocycles. The summed E-state index contributed by atoms with van der Waals surface area (Å²) in [6.07, 6.45) is 1.92. The summed E-state index contributed by atoms with van der Waals surface area (Å²) in [7, 11) is 0. The van der Waals surface area contributed by atoms with E-state index in [1.807, 2.05) is 6.20 Å². The molecule has 4 heteroatoms. The highest BCUT2D eigenvalue weighted by molar-refractivity contribution is 6.14. The normalized spacial score (nSPS) is 12.0. The maximum Gasteiger partial charge on any atom is 0.162 e. The number of rotatable bonds is 3. The molecule has 0 bridgehead atoms. The van der Waals surface area contributed by atoms with E-state index in [2.05, 4.69) is 160 Å². The van der Waals surface area contributed by atoms with Gasteiger partial charge >= 0.3 is 0 Å². The second kappa shape index (κ2) is 9.18. The van der Waals surface area contributed by atoms with Crippen molar-refractivity contribution in [3.8, 4) is 22.6 Å². The van der Waals surface area contributed by atoms with Crippen LogP contribution >= 0.6 is 0 Å². The predicted octanol–water partition coefficient (Wildman–Crippen LogP) is 10.6. The van der Waals surface area contributed by atoms with Crippen LogP contribution in [-0.4, -0.2) is 19.1 Å². The van der Waals surface area contributed by atoms with Crippen LogP contribution in [0.25, 0.3) is 88.0 Å². The van der Waals surface area contributed by atoms with Crippen molar-refractivity contribution in [3.63, 3.8) is 0 Å². The summed E-state index contributed by atoms with van der Waals surface area (Å²) in [4.78, 5) is 8.61. The molecular formula is C41H26N4. The Hall–Kier alpha value is -6.13. The van der Waals surface area contributed by atoms with Crippen LogP contribution < -0.4 is 0 Å². The molecule has 10 rings (SSSR count). The minimum Gasteiger partial charge on any atom is -0.351 e. The quantitative estimate of drug-likeness (QED) is 0.224. The Balaban J connectivity index is 1.20. The second-order valence-electron chi connectivity index (χ2n) is 11.7. The van der Waals surface area contributed by atoms with Gasteiger partial charge in [-0.05, 0) is 71.8 Å². The SMILES string of the molecule is c1ccc(-n2c3ccccc3c3cc(-c4ccc5c(c4)c4ccccc4n5-c4nccc5c4[nH]c4ccccc45)ccc32)cc1. The van der Waals surface area contributed by atoms with E-state index in [-0.39, 0.29) is 0 Å². The standard InChI is InChI=1S/C41H26N4/c1-2-10-28(11-3-1)44-36-16-8-5-13-30(36)33-24-26(18-20-38(33)44)27-19-21-39-34(25-27)31-14-6-9-17-37(31)45(39)41-40-32(22-23-42-41)29-12-4-7-15-35(29)43-40/h1-25,43H. The molecule has 0 saturated carbocycles. The van der Waals surface area contributed by atoms with Gasteiger partial charge in [0.25, 0.3) is 0 Å². The number of nitrogens with one attached hydrogen (secondary N) is 1. The first-order valence-electron chi connectivity index (χ1n) is 15.3. The number of fused-ring (bicyclic) bond motifs is 9. The molecule has 0 aliphatic rings. The number of H-pyrrole nitrogens is 1. The van der Waals surface area contributed by atoms with Crippen molar-refractivity contribution in [2.75, 3.05) is 0 Å². The van der Waals surface area contributed by atoms with E-state index in [1.165, 1.54) is 60.2 Å². The monoisotopic (exact) mass is 574 g/mol. The van der Waals surface area contributed by atoms with Crippen molar-refractivity contribution in [1.82, 2.24) is 19.1 Å². The number of aromatic amines is 1. The minimum atomic E-state index is 0.915. The molecule has 0 radical (unpaired) electrons. The molecule has 0 unspecified atom stereocenters. The van der Waals surface area contributed by atoms with E-state index in [0.717, 1.165) is 27.9 Å². The highest BCUT2D eigenvalue weighted by Crippen LogP contribution is 2.39. The third-order valence-electron chi connectivity index (χ3n) is 9.31. The number of hydrogen-bond acceptors (Lipinski definition) is 1. The van der Waals surface area contributed by atoms with E-state index in [9.17, 15) is 0 Å². The molecule has 4 nitrogen and oxygen atoms in total. The van der Waals surface area contributed by atoms with Crippen molar-refractivity contribution < 1.29 is 0 Å². The zero-order valence-electron chi connectivity index (χ0n) is 24.3. The van der Waals surface area contributed by atoms with E-state index in [0.29, 0.717) is 0 Å². The molecule has 0 atom stereocenters. The van der Waals surface area contributed by atoms with Gasteiger partial charge in [-0.3, -0.25) is 4.57 Å². The summed E-state index contributed by atoms with van der Waals surface area (Å²) in [6.45, 7) is 0. The maximum atomic E-state index is 4.95. The third-order valence-corrected chi connectivity index (χ3v) is 9.31. The van der Waals surface area contributed by atoms with Gasteiger partial charge in [0.15, 0.2) is 5.82 Å². The lowest BCUT2D eigenvalue weighted by Crippen LogP contribution is -1.98. The Labute approximate surface area is 258 Å². The van der Waals surface area contributed by atoms with E-state index >= 15 is 0 Å². The van der Waals surface area contributed by atoms with Gasteiger partial charge in [-0.1, -0.05) is 84.9 Å². The summed E-state index contributed by atoms with van der Waals surface area (Å²) in [6, 6.07) is 52.3. The van der Waals surface area contributed by atoms with Crippen molar-refractivity contribution in [3.05, 3.63) is 152 Å². The van der Waals surface area contributed by atoms with Crippen molar-refractivity contribution in [2.45, 2.75) is 0 Å². The molecule has 6 aromatic carbocycles. The van der Waals surface area contributed by atoms with Crippen molar-refractivity contribution in [1.29, 1.82) is 0 Å². The summed E-state index contributed by atoms with van der Waals surface area (Å²) in [5.74, 6) is 0.915. The minimum absolute atomic E-state index is 0.915. The molecule has 210 valence electrons. The van der Waals surface area contributed by atoms with Gasteiger partial charge in [0.1, 0.15) is 0 Å². The molecule has 0 fully saturated rings. The molecule has 10 aromatic rings. The number of pyridine rings is 1. The maximum absolute atomic E-state index is 4.95. The van der Waals surface area contributed by atoms with E-state index < -0.39 is 0 Å². The lowest BCUT2D eigenvalue weighted by atomic mass is 10.0.